The van der Waals surface area contributed by atoms with Crippen molar-refractivity contribution < 1.29 is 9.53 Å². The molecule has 132 valence electrons. The minimum absolute atomic E-state index is 0.0782. The number of nitrogens with zero attached hydrogens (tertiary/aromatic N) is 1. The summed E-state index contributed by atoms with van der Waals surface area (Å²) in [6.07, 6.45) is 3.51. The van der Waals surface area contributed by atoms with Crippen molar-refractivity contribution in [2.75, 3.05) is 5.75 Å². The van der Waals surface area contributed by atoms with Crippen LogP contribution in [0, 0.1) is 0 Å². The van der Waals surface area contributed by atoms with E-state index in [4.69, 9.17) is 16.3 Å². The van der Waals surface area contributed by atoms with E-state index in [2.05, 4.69) is 11.6 Å². The molecular formula is C20H16ClNO2S2. The van der Waals surface area contributed by atoms with E-state index in [0.717, 1.165) is 33.0 Å². The third-order valence-corrected chi connectivity index (χ3v) is 5.67. The van der Waals surface area contributed by atoms with Gasteiger partial charge in [-0.25, -0.2) is 4.99 Å². The third-order valence-electron chi connectivity index (χ3n) is 3.43. The molecule has 0 unspecified atom stereocenters. The summed E-state index contributed by atoms with van der Waals surface area (Å²) in [6, 6.07) is 15.2. The summed E-state index contributed by atoms with van der Waals surface area (Å²) >= 11 is 8.76. The standard InChI is InChI=1S/C20H16ClNO2S2/c1-2-10-25-20-22-17(19(23)26-20)12-15-11-16(21)8-9-18(15)24-13-14-6-4-3-5-7-14/h2-9,11-12H,1,10,13H2. The van der Waals surface area contributed by atoms with Gasteiger partial charge in [-0.15, -0.1) is 6.58 Å². The lowest BCUT2D eigenvalue weighted by Crippen LogP contribution is -1.97. The Morgan fingerprint density at radius 3 is 2.81 bits per heavy atom. The molecule has 0 aliphatic carbocycles. The quantitative estimate of drug-likeness (QED) is 0.452. The minimum atomic E-state index is -0.0782. The van der Waals surface area contributed by atoms with E-state index >= 15 is 0 Å². The lowest BCUT2D eigenvalue weighted by Gasteiger charge is -2.10. The van der Waals surface area contributed by atoms with E-state index in [-0.39, 0.29) is 5.12 Å². The number of halogens is 1. The zero-order chi connectivity index (χ0) is 18.4. The van der Waals surface area contributed by atoms with Crippen LogP contribution in [0.1, 0.15) is 11.1 Å². The molecule has 1 aliphatic rings. The fourth-order valence-electron chi connectivity index (χ4n) is 2.23. The first kappa shape index (κ1) is 18.8. The number of carbonyl (C=O) groups is 1. The van der Waals surface area contributed by atoms with Crippen LogP contribution in [0.2, 0.25) is 5.02 Å². The van der Waals surface area contributed by atoms with Crippen LogP contribution in [-0.4, -0.2) is 15.2 Å². The van der Waals surface area contributed by atoms with Crippen molar-refractivity contribution in [1.82, 2.24) is 0 Å². The van der Waals surface area contributed by atoms with Crippen LogP contribution in [0.5, 0.6) is 5.75 Å². The van der Waals surface area contributed by atoms with Crippen molar-refractivity contribution in [3.63, 3.8) is 0 Å². The summed E-state index contributed by atoms with van der Waals surface area (Å²) in [4.78, 5) is 16.6. The molecule has 3 nitrogen and oxygen atoms in total. The van der Waals surface area contributed by atoms with Crippen molar-refractivity contribution in [3.8, 4) is 5.75 Å². The molecule has 0 saturated heterocycles. The summed E-state index contributed by atoms with van der Waals surface area (Å²) in [6.45, 7) is 4.11. The van der Waals surface area contributed by atoms with Crippen LogP contribution in [-0.2, 0) is 11.4 Å². The van der Waals surface area contributed by atoms with Gasteiger partial charge in [-0.1, -0.05) is 59.8 Å². The molecule has 0 spiro atoms. The molecule has 0 bridgehead atoms. The maximum Gasteiger partial charge on any atom is 0.244 e. The third kappa shape index (κ3) is 5.04. The maximum absolute atomic E-state index is 12.2. The average molecular weight is 402 g/mol. The molecule has 6 heteroatoms. The van der Waals surface area contributed by atoms with Crippen LogP contribution in [0.3, 0.4) is 0 Å². The molecule has 3 rings (SSSR count). The number of hydrogen-bond acceptors (Lipinski definition) is 5. The number of hydrogen-bond donors (Lipinski definition) is 0. The van der Waals surface area contributed by atoms with Crippen molar-refractivity contribution in [2.24, 2.45) is 4.99 Å². The molecule has 26 heavy (non-hydrogen) atoms. The number of benzene rings is 2. The Balaban J connectivity index is 1.82. The Bertz CT molecular complexity index is 879. The Kier molecular flexibility index (Phi) is 6.61. The molecule has 0 N–H and O–H groups in total. The highest BCUT2D eigenvalue weighted by molar-refractivity contribution is 8.45. The molecular weight excluding hydrogens is 386 g/mol. The molecule has 0 amide bonds. The number of thioether (sulfide) groups is 2. The summed E-state index contributed by atoms with van der Waals surface area (Å²) in [5.41, 5.74) is 2.19. The van der Waals surface area contributed by atoms with Crippen molar-refractivity contribution in [3.05, 3.63) is 83.0 Å². The monoisotopic (exact) mass is 401 g/mol. The van der Waals surface area contributed by atoms with Gasteiger partial charge in [0.2, 0.25) is 5.12 Å². The second-order valence-electron chi connectivity index (χ2n) is 5.35. The predicted octanol–water partition coefficient (Wildman–Crippen LogP) is 5.81. The maximum atomic E-state index is 12.2. The van der Waals surface area contributed by atoms with E-state index in [0.29, 0.717) is 23.1 Å². The van der Waals surface area contributed by atoms with Gasteiger partial charge < -0.3 is 4.74 Å². The van der Waals surface area contributed by atoms with E-state index in [1.165, 1.54) is 11.8 Å². The zero-order valence-electron chi connectivity index (χ0n) is 13.9. The van der Waals surface area contributed by atoms with Gasteiger partial charge in [0.15, 0.2) is 0 Å². The number of ether oxygens (including phenoxy) is 1. The molecule has 0 atom stereocenters. The topological polar surface area (TPSA) is 38.7 Å². The Morgan fingerprint density at radius 1 is 1.23 bits per heavy atom. The number of carbonyl (C=O) groups excluding carboxylic acids is 1. The van der Waals surface area contributed by atoms with Gasteiger partial charge in [0.25, 0.3) is 0 Å². The highest BCUT2D eigenvalue weighted by Gasteiger charge is 2.22. The van der Waals surface area contributed by atoms with E-state index in [9.17, 15) is 4.79 Å². The molecule has 2 aromatic rings. The molecule has 2 aromatic carbocycles. The Labute approximate surface area is 166 Å². The number of rotatable bonds is 6. The highest BCUT2D eigenvalue weighted by Crippen LogP contribution is 2.33. The molecule has 1 heterocycles. The van der Waals surface area contributed by atoms with Gasteiger partial charge in [-0.2, -0.15) is 0 Å². The first-order valence-corrected chi connectivity index (χ1v) is 10.1. The molecule has 0 aromatic heterocycles. The summed E-state index contributed by atoms with van der Waals surface area (Å²) in [7, 11) is 0. The fourth-order valence-corrected chi connectivity index (χ4v) is 4.01. The first-order valence-electron chi connectivity index (χ1n) is 7.88. The average Bonchev–Trinajstić information content (AvgIpc) is 2.99. The predicted molar refractivity (Wildman–Crippen MR) is 113 cm³/mol. The lowest BCUT2D eigenvalue weighted by molar-refractivity contribution is -0.107. The SMILES string of the molecule is C=CCSC1=NC(=Cc2cc(Cl)ccc2OCc2ccccc2)C(=O)S1. The van der Waals surface area contributed by atoms with Crippen LogP contribution in [0.15, 0.2) is 71.9 Å². The smallest absolute Gasteiger partial charge is 0.244 e. The molecule has 1 aliphatic heterocycles. The first-order chi connectivity index (χ1) is 12.7. The summed E-state index contributed by atoms with van der Waals surface area (Å²) in [5, 5.41) is 0.498. The van der Waals surface area contributed by atoms with Crippen molar-refractivity contribution >= 4 is 50.7 Å². The molecule has 0 fully saturated rings. The Hall–Kier alpha value is -1.95. The van der Waals surface area contributed by atoms with Gasteiger partial charge in [0, 0.05) is 16.3 Å². The second-order valence-corrected chi connectivity index (χ2v) is 8.02. The van der Waals surface area contributed by atoms with Gasteiger partial charge >= 0.3 is 0 Å². The summed E-state index contributed by atoms with van der Waals surface area (Å²) in [5.74, 6) is 1.38. The summed E-state index contributed by atoms with van der Waals surface area (Å²) < 4.78 is 6.66. The van der Waals surface area contributed by atoms with Gasteiger partial charge in [0.1, 0.15) is 22.4 Å². The van der Waals surface area contributed by atoms with Crippen LogP contribution < -0.4 is 4.74 Å². The van der Waals surface area contributed by atoms with E-state index < -0.39 is 0 Å². The largest absolute Gasteiger partial charge is 0.488 e. The van der Waals surface area contributed by atoms with Gasteiger partial charge in [0.05, 0.1) is 0 Å². The highest BCUT2D eigenvalue weighted by atomic mass is 35.5. The fraction of sp³-hybridized carbons (Fsp3) is 0.100. The second kappa shape index (κ2) is 9.12. The van der Waals surface area contributed by atoms with Gasteiger partial charge in [-0.3, -0.25) is 4.79 Å². The van der Waals surface area contributed by atoms with E-state index in [1.54, 1.807) is 30.4 Å². The number of aliphatic imine (C=N–C) groups is 1. The van der Waals surface area contributed by atoms with Crippen LogP contribution >= 0.6 is 35.1 Å². The Morgan fingerprint density at radius 2 is 2.04 bits per heavy atom. The zero-order valence-corrected chi connectivity index (χ0v) is 16.2. The van der Waals surface area contributed by atoms with E-state index in [1.807, 2.05) is 30.3 Å². The van der Waals surface area contributed by atoms with Crippen molar-refractivity contribution in [2.45, 2.75) is 6.61 Å². The van der Waals surface area contributed by atoms with Gasteiger partial charge in [-0.05, 0) is 41.6 Å². The van der Waals surface area contributed by atoms with Crippen LogP contribution in [0.25, 0.3) is 6.08 Å². The molecule has 0 radical (unpaired) electrons. The minimum Gasteiger partial charge on any atom is -0.488 e. The lowest BCUT2D eigenvalue weighted by atomic mass is 10.1. The molecule has 0 saturated carbocycles. The normalized spacial score (nSPS) is 15.2. The van der Waals surface area contributed by atoms with Crippen LogP contribution in [0.4, 0.5) is 0 Å². The van der Waals surface area contributed by atoms with Crippen molar-refractivity contribution in [1.29, 1.82) is 0 Å².